The Balaban J connectivity index is 2.61. The topological polar surface area (TPSA) is 50.7 Å². The van der Waals surface area contributed by atoms with Crippen molar-refractivity contribution in [2.45, 2.75) is 6.36 Å². The van der Waals surface area contributed by atoms with Crippen LogP contribution in [0.4, 0.5) is 18.9 Å². The van der Waals surface area contributed by atoms with Crippen LogP contribution in [0.15, 0.2) is 22.7 Å². The van der Waals surface area contributed by atoms with Crippen molar-refractivity contribution in [1.82, 2.24) is 0 Å². The van der Waals surface area contributed by atoms with Crippen LogP contribution in [-0.4, -0.2) is 37.8 Å². The number of ether oxygens (including phenoxy) is 2. The van der Waals surface area contributed by atoms with Gasteiger partial charge in [0.2, 0.25) is 0 Å². The highest BCUT2D eigenvalue weighted by molar-refractivity contribution is 9.10. The molecule has 19 heavy (non-hydrogen) atoms. The van der Waals surface area contributed by atoms with Crippen molar-refractivity contribution in [2.24, 2.45) is 0 Å². The number of halogens is 4. The maximum Gasteiger partial charge on any atom is 0.573 e. The van der Waals surface area contributed by atoms with Crippen molar-refractivity contribution >= 4 is 21.6 Å². The minimum absolute atomic E-state index is 0.0965. The Bertz CT molecular complexity index is 401. The second-order valence-corrected chi connectivity index (χ2v) is 4.37. The average Bonchev–Trinajstić information content (AvgIpc) is 2.29. The maximum atomic E-state index is 12.2. The van der Waals surface area contributed by atoms with E-state index in [1.807, 2.05) is 0 Å². The van der Waals surface area contributed by atoms with Gasteiger partial charge in [0, 0.05) is 11.0 Å². The number of hydrogen-bond donors (Lipinski definition) is 2. The smallest absolute Gasteiger partial charge is 0.404 e. The zero-order valence-electron chi connectivity index (χ0n) is 9.84. The van der Waals surface area contributed by atoms with Gasteiger partial charge in [-0.3, -0.25) is 0 Å². The normalized spacial score (nSPS) is 11.4. The van der Waals surface area contributed by atoms with E-state index in [1.54, 1.807) is 6.07 Å². The first-order valence-electron chi connectivity index (χ1n) is 5.40. The second kappa shape index (κ2) is 7.56. The molecule has 0 spiro atoms. The van der Waals surface area contributed by atoms with Crippen molar-refractivity contribution in [3.05, 3.63) is 22.7 Å². The van der Waals surface area contributed by atoms with E-state index in [-0.39, 0.29) is 31.3 Å². The average molecular weight is 344 g/mol. The zero-order valence-corrected chi connectivity index (χ0v) is 11.4. The number of anilines is 1. The quantitative estimate of drug-likeness (QED) is 0.747. The molecule has 8 heteroatoms. The highest BCUT2D eigenvalue weighted by Crippen LogP contribution is 2.32. The maximum absolute atomic E-state index is 12.2. The van der Waals surface area contributed by atoms with Crippen LogP contribution >= 0.6 is 15.9 Å². The molecule has 1 rings (SSSR count). The van der Waals surface area contributed by atoms with Gasteiger partial charge < -0.3 is 19.9 Å². The van der Waals surface area contributed by atoms with Crippen LogP contribution in [0.1, 0.15) is 0 Å². The van der Waals surface area contributed by atoms with E-state index in [4.69, 9.17) is 9.84 Å². The van der Waals surface area contributed by atoms with E-state index in [2.05, 4.69) is 26.0 Å². The fourth-order valence-electron chi connectivity index (χ4n) is 1.28. The van der Waals surface area contributed by atoms with Gasteiger partial charge in [0.25, 0.3) is 0 Å². The van der Waals surface area contributed by atoms with Gasteiger partial charge in [-0.25, -0.2) is 0 Å². The molecule has 108 valence electrons. The van der Waals surface area contributed by atoms with Crippen molar-refractivity contribution < 1.29 is 27.8 Å². The van der Waals surface area contributed by atoms with E-state index < -0.39 is 6.36 Å². The Morgan fingerprint density at radius 3 is 2.63 bits per heavy atom. The number of aliphatic hydroxyl groups is 1. The number of hydrogen-bond acceptors (Lipinski definition) is 4. The molecule has 0 atom stereocenters. The van der Waals surface area contributed by atoms with E-state index in [1.165, 1.54) is 12.1 Å². The minimum atomic E-state index is -4.75. The van der Waals surface area contributed by atoms with Gasteiger partial charge in [-0.1, -0.05) is 15.9 Å². The van der Waals surface area contributed by atoms with Crippen LogP contribution in [0.5, 0.6) is 5.75 Å². The second-order valence-electron chi connectivity index (χ2n) is 3.45. The Morgan fingerprint density at radius 2 is 2.00 bits per heavy atom. The first kappa shape index (κ1) is 16.1. The van der Waals surface area contributed by atoms with Crippen LogP contribution in [0.25, 0.3) is 0 Å². The van der Waals surface area contributed by atoms with Crippen LogP contribution in [0.2, 0.25) is 0 Å². The molecule has 0 unspecified atom stereocenters. The number of benzene rings is 1. The molecular weight excluding hydrogens is 331 g/mol. The molecule has 2 N–H and O–H groups in total. The van der Waals surface area contributed by atoms with Gasteiger partial charge in [0.15, 0.2) is 5.75 Å². The first-order chi connectivity index (χ1) is 8.92. The molecular formula is C11H13BrF3NO3. The van der Waals surface area contributed by atoms with Gasteiger partial charge in [-0.15, -0.1) is 13.2 Å². The largest absolute Gasteiger partial charge is 0.573 e. The molecule has 0 saturated carbocycles. The summed E-state index contributed by atoms with van der Waals surface area (Å²) >= 11 is 3.08. The molecule has 4 nitrogen and oxygen atoms in total. The molecule has 0 aliphatic rings. The van der Waals surface area contributed by atoms with Gasteiger partial charge >= 0.3 is 6.36 Å². The van der Waals surface area contributed by atoms with Crippen molar-refractivity contribution in [3.8, 4) is 5.75 Å². The lowest BCUT2D eigenvalue weighted by molar-refractivity contribution is -0.274. The van der Waals surface area contributed by atoms with Crippen molar-refractivity contribution in [2.75, 3.05) is 31.7 Å². The Morgan fingerprint density at radius 1 is 1.26 bits per heavy atom. The summed E-state index contributed by atoms with van der Waals surface area (Å²) in [5.74, 6) is -0.316. The Kier molecular flexibility index (Phi) is 6.40. The van der Waals surface area contributed by atoms with Crippen LogP contribution in [0, 0.1) is 0 Å². The summed E-state index contributed by atoms with van der Waals surface area (Å²) in [6.45, 7) is 0.659. The number of aliphatic hydroxyl groups excluding tert-OH is 1. The SMILES string of the molecule is OCCOCCNc1ccc(Br)cc1OC(F)(F)F. The molecule has 0 aliphatic heterocycles. The third-order valence-electron chi connectivity index (χ3n) is 1.97. The van der Waals surface area contributed by atoms with E-state index in [9.17, 15) is 13.2 Å². The Labute approximate surface area is 116 Å². The summed E-state index contributed by atoms with van der Waals surface area (Å²) in [6.07, 6.45) is -4.75. The third-order valence-corrected chi connectivity index (χ3v) is 2.46. The third kappa shape index (κ3) is 6.65. The molecule has 0 aromatic heterocycles. The molecule has 0 heterocycles. The minimum Gasteiger partial charge on any atom is -0.404 e. The van der Waals surface area contributed by atoms with Crippen LogP contribution in [-0.2, 0) is 4.74 Å². The lowest BCUT2D eigenvalue weighted by Crippen LogP contribution is -2.19. The van der Waals surface area contributed by atoms with E-state index in [0.717, 1.165) is 0 Å². The summed E-state index contributed by atoms with van der Waals surface area (Å²) in [5, 5.41) is 11.3. The monoisotopic (exact) mass is 343 g/mol. The fraction of sp³-hybridized carbons (Fsp3) is 0.455. The zero-order chi connectivity index (χ0) is 14.3. The summed E-state index contributed by atoms with van der Waals surface area (Å²) < 4.78 is 46.1. The lowest BCUT2D eigenvalue weighted by atomic mass is 10.3. The van der Waals surface area contributed by atoms with Crippen LogP contribution < -0.4 is 10.1 Å². The highest BCUT2D eigenvalue weighted by Gasteiger charge is 2.32. The van der Waals surface area contributed by atoms with E-state index >= 15 is 0 Å². The molecule has 0 saturated heterocycles. The molecule has 0 aliphatic carbocycles. The summed E-state index contributed by atoms with van der Waals surface area (Å²) in [5.41, 5.74) is 0.216. The molecule has 0 bridgehead atoms. The number of alkyl halides is 3. The van der Waals surface area contributed by atoms with Crippen molar-refractivity contribution in [3.63, 3.8) is 0 Å². The number of rotatable bonds is 7. The van der Waals surface area contributed by atoms with Crippen molar-refractivity contribution in [1.29, 1.82) is 0 Å². The van der Waals surface area contributed by atoms with Gasteiger partial charge in [0.05, 0.1) is 25.5 Å². The van der Waals surface area contributed by atoms with Crippen LogP contribution in [0.3, 0.4) is 0 Å². The summed E-state index contributed by atoms with van der Waals surface area (Å²) in [6, 6.07) is 4.29. The lowest BCUT2D eigenvalue weighted by Gasteiger charge is -2.15. The number of nitrogens with one attached hydrogen (secondary N) is 1. The molecule has 1 aromatic rings. The summed E-state index contributed by atoms with van der Waals surface area (Å²) in [4.78, 5) is 0. The predicted molar refractivity (Wildman–Crippen MR) is 67.2 cm³/mol. The van der Waals surface area contributed by atoms with Gasteiger partial charge in [-0.2, -0.15) is 0 Å². The highest BCUT2D eigenvalue weighted by atomic mass is 79.9. The molecule has 0 amide bonds. The van der Waals surface area contributed by atoms with E-state index in [0.29, 0.717) is 11.0 Å². The standard InChI is InChI=1S/C11H13BrF3NO3/c12-8-1-2-9(16-3-5-18-6-4-17)10(7-8)19-11(13,14)15/h1-2,7,16-17H,3-6H2. The molecule has 1 aromatic carbocycles. The predicted octanol–water partition coefficient (Wildman–Crippen LogP) is 2.77. The van der Waals surface area contributed by atoms with Gasteiger partial charge in [-0.05, 0) is 18.2 Å². The molecule has 0 radical (unpaired) electrons. The fourth-order valence-corrected chi connectivity index (χ4v) is 1.62. The molecule has 0 fully saturated rings. The first-order valence-corrected chi connectivity index (χ1v) is 6.19. The van der Waals surface area contributed by atoms with Gasteiger partial charge in [0.1, 0.15) is 0 Å². The Hall–Kier alpha value is -0.990. The summed E-state index contributed by atoms with van der Waals surface area (Å²) in [7, 11) is 0.